The summed E-state index contributed by atoms with van der Waals surface area (Å²) in [6, 6.07) is 7.87. The minimum absolute atomic E-state index is 0.0264. The van der Waals surface area contributed by atoms with Crippen molar-refractivity contribution in [3.63, 3.8) is 0 Å². The van der Waals surface area contributed by atoms with Gasteiger partial charge in [0.25, 0.3) is 0 Å². The van der Waals surface area contributed by atoms with Gasteiger partial charge in [0.1, 0.15) is 5.82 Å². The number of hydrogen-bond acceptors (Lipinski definition) is 1. The SMILES string of the molecule is CC(C)NCC1CCC(C(C)C)CC1c1ccccc1F. The van der Waals surface area contributed by atoms with Crippen molar-refractivity contribution in [3.8, 4) is 0 Å². The first-order valence-electron chi connectivity index (χ1n) is 8.46. The third-order valence-corrected chi connectivity index (χ3v) is 5.07. The second-order valence-corrected chi connectivity index (χ2v) is 7.27. The lowest BCUT2D eigenvalue weighted by Crippen LogP contribution is -2.36. The lowest BCUT2D eigenvalue weighted by Gasteiger charge is -2.39. The van der Waals surface area contributed by atoms with Gasteiger partial charge < -0.3 is 5.32 Å². The van der Waals surface area contributed by atoms with Crippen molar-refractivity contribution in [1.29, 1.82) is 0 Å². The van der Waals surface area contributed by atoms with E-state index >= 15 is 0 Å². The molecule has 2 rings (SSSR count). The molecule has 1 aromatic rings. The van der Waals surface area contributed by atoms with Crippen LogP contribution in [-0.4, -0.2) is 12.6 Å². The number of benzene rings is 1. The predicted molar refractivity (Wildman–Crippen MR) is 87.9 cm³/mol. The number of halogens is 1. The molecule has 2 heteroatoms. The van der Waals surface area contributed by atoms with Crippen LogP contribution in [0.1, 0.15) is 58.4 Å². The van der Waals surface area contributed by atoms with Crippen molar-refractivity contribution in [2.24, 2.45) is 17.8 Å². The molecule has 1 N–H and O–H groups in total. The highest BCUT2D eigenvalue weighted by molar-refractivity contribution is 5.23. The summed E-state index contributed by atoms with van der Waals surface area (Å²) in [7, 11) is 0. The van der Waals surface area contributed by atoms with E-state index in [2.05, 4.69) is 33.0 Å². The summed E-state index contributed by atoms with van der Waals surface area (Å²) in [6.45, 7) is 9.96. The summed E-state index contributed by atoms with van der Waals surface area (Å²) in [5.41, 5.74) is 0.929. The normalized spacial score (nSPS) is 26.5. The van der Waals surface area contributed by atoms with E-state index in [-0.39, 0.29) is 5.82 Å². The van der Waals surface area contributed by atoms with Crippen LogP contribution < -0.4 is 5.32 Å². The molecular formula is C19H30FN. The van der Waals surface area contributed by atoms with E-state index < -0.39 is 0 Å². The van der Waals surface area contributed by atoms with Gasteiger partial charge in [-0.1, -0.05) is 45.9 Å². The fourth-order valence-electron chi connectivity index (χ4n) is 3.66. The second-order valence-electron chi connectivity index (χ2n) is 7.27. The molecule has 1 nitrogen and oxygen atoms in total. The highest BCUT2D eigenvalue weighted by Gasteiger charge is 2.33. The van der Waals surface area contributed by atoms with Crippen molar-refractivity contribution >= 4 is 0 Å². The molecule has 0 saturated heterocycles. The quantitative estimate of drug-likeness (QED) is 0.806. The average Bonchev–Trinajstić information content (AvgIpc) is 2.45. The van der Waals surface area contributed by atoms with Crippen molar-refractivity contribution in [2.45, 2.75) is 58.9 Å². The highest BCUT2D eigenvalue weighted by Crippen LogP contribution is 2.43. The van der Waals surface area contributed by atoms with E-state index in [1.807, 2.05) is 12.1 Å². The Labute approximate surface area is 129 Å². The second kappa shape index (κ2) is 7.40. The van der Waals surface area contributed by atoms with Crippen molar-refractivity contribution in [1.82, 2.24) is 5.32 Å². The molecule has 0 bridgehead atoms. The first-order valence-corrected chi connectivity index (χ1v) is 8.46. The Balaban J connectivity index is 2.18. The Hall–Kier alpha value is -0.890. The van der Waals surface area contributed by atoms with Gasteiger partial charge in [0.15, 0.2) is 0 Å². The van der Waals surface area contributed by atoms with E-state index in [1.165, 1.54) is 12.8 Å². The maximum atomic E-state index is 14.3. The predicted octanol–water partition coefficient (Wildman–Crippen LogP) is 4.98. The van der Waals surface area contributed by atoms with Gasteiger partial charge in [-0.3, -0.25) is 0 Å². The topological polar surface area (TPSA) is 12.0 Å². The first kappa shape index (κ1) is 16.5. The third-order valence-electron chi connectivity index (χ3n) is 5.07. The molecule has 0 aromatic heterocycles. The zero-order valence-electron chi connectivity index (χ0n) is 13.9. The fourth-order valence-corrected chi connectivity index (χ4v) is 3.66. The number of rotatable bonds is 5. The molecule has 0 radical (unpaired) electrons. The van der Waals surface area contributed by atoms with Gasteiger partial charge in [-0.2, -0.15) is 0 Å². The Morgan fingerprint density at radius 3 is 2.48 bits per heavy atom. The Bertz CT molecular complexity index is 441. The Kier molecular flexibility index (Phi) is 5.80. The third kappa shape index (κ3) is 4.29. The molecule has 118 valence electrons. The minimum Gasteiger partial charge on any atom is -0.314 e. The van der Waals surface area contributed by atoms with Crippen LogP contribution in [0.2, 0.25) is 0 Å². The summed E-state index contributed by atoms with van der Waals surface area (Å²) in [5.74, 6) is 2.31. The minimum atomic E-state index is -0.0264. The molecule has 0 heterocycles. The van der Waals surface area contributed by atoms with Crippen LogP contribution in [0, 0.1) is 23.6 Å². The van der Waals surface area contributed by atoms with Crippen molar-refractivity contribution < 1.29 is 4.39 Å². The molecule has 1 aromatic carbocycles. The van der Waals surface area contributed by atoms with Gasteiger partial charge in [-0.05, 0) is 61.1 Å². The lowest BCUT2D eigenvalue weighted by molar-refractivity contribution is 0.186. The molecule has 0 amide bonds. The summed E-state index contributed by atoms with van der Waals surface area (Å²) in [4.78, 5) is 0. The van der Waals surface area contributed by atoms with Gasteiger partial charge in [-0.15, -0.1) is 0 Å². The van der Waals surface area contributed by atoms with Crippen LogP contribution in [0.25, 0.3) is 0 Å². The summed E-state index contributed by atoms with van der Waals surface area (Å²) in [6.07, 6.45) is 3.62. The standard InChI is InChI=1S/C19H30FN/c1-13(2)15-9-10-16(12-21-14(3)4)18(11-15)17-7-5-6-8-19(17)20/h5-8,13-16,18,21H,9-12H2,1-4H3. The van der Waals surface area contributed by atoms with Crippen molar-refractivity contribution in [3.05, 3.63) is 35.6 Å². The molecule has 0 spiro atoms. The molecule has 3 unspecified atom stereocenters. The molecule has 0 aliphatic heterocycles. The monoisotopic (exact) mass is 291 g/mol. The highest BCUT2D eigenvalue weighted by atomic mass is 19.1. The molecule has 21 heavy (non-hydrogen) atoms. The number of hydrogen-bond donors (Lipinski definition) is 1. The van der Waals surface area contributed by atoms with E-state index in [4.69, 9.17) is 0 Å². The van der Waals surface area contributed by atoms with Crippen LogP contribution in [0.3, 0.4) is 0 Å². The molecule has 3 atom stereocenters. The molecule has 1 aliphatic carbocycles. The van der Waals surface area contributed by atoms with E-state index in [0.717, 1.165) is 24.4 Å². The zero-order chi connectivity index (χ0) is 15.4. The van der Waals surface area contributed by atoms with Crippen LogP contribution in [0.4, 0.5) is 4.39 Å². The zero-order valence-corrected chi connectivity index (χ0v) is 13.9. The van der Waals surface area contributed by atoms with Crippen molar-refractivity contribution in [2.75, 3.05) is 6.54 Å². The summed E-state index contributed by atoms with van der Waals surface area (Å²) in [5, 5.41) is 3.56. The molecule has 1 aliphatic rings. The molecule has 1 saturated carbocycles. The van der Waals surface area contributed by atoms with Gasteiger partial charge >= 0.3 is 0 Å². The summed E-state index contributed by atoms with van der Waals surface area (Å²) >= 11 is 0. The van der Waals surface area contributed by atoms with Crippen LogP contribution in [-0.2, 0) is 0 Å². The molecular weight excluding hydrogens is 261 g/mol. The van der Waals surface area contributed by atoms with E-state index in [9.17, 15) is 4.39 Å². The van der Waals surface area contributed by atoms with Gasteiger partial charge in [0.05, 0.1) is 0 Å². The fraction of sp³-hybridized carbons (Fsp3) is 0.684. The van der Waals surface area contributed by atoms with Crippen LogP contribution in [0.5, 0.6) is 0 Å². The van der Waals surface area contributed by atoms with E-state index in [0.29, 0.717) is 23.8 Å². The van der Waals surface area contributed by atoms with Crippen LogP contribution >= 0.6 is 0 Å². The van der Waals surface area contributed by atoms with E-state index in [1.54, 1.807) is 12.1 Å². The van der Waals surface area contributed by atoms with Gasteiger partial charge in [-0.25, -0.2) is 4.39 Å². The Morgan fingerprint density at radius 2 is 1.86 bits per heavy atom. The van der Waals surface area contributed by atoms with Gasteiger partial charge in [0, 0.05) is 6.04 Å². The van der Waals surface area contributed by atoms with Gasteiger partial charge in [0.2, 0.25) is 0 Å². The smallest absolute Gasteiger partial charge is 0.126 e. The average molecular weight is 291 g/mol. The number of nitrogens with one attached hydrogen (secondary N) is 1. The molecule has 1 fully saturated rings. The first-order chi connectivity index (χ1) is 9.99. The maximum absolute atomic E-state index is 14.3. The Morgan fingerprint density at radius 1 is 1.14 bits per heavy atom. The largest absolute Gasteiger partial charge is 0.314 e. The summed E-state index contributed by atoms with van der Waals surface area (Å²) < 4.78 is 14.3. The van der Waals surface area contributed by atoms with Crippen LogP contribution in [0.15, 0.2) is 24.3 Å². The maximum Gasteiger partial charge on any atom is 0.126 e. The lowest BCUT2D eigenvalue weighted by atomic mass is 9.68.